The van der Waals surface area contributed by atoms with Crippen LogP contribution in [0.1, 0.15) is 18.4 Å². The zero-order valence-corrected chi connectivity index (χ0v) is 14.8. The highest BCUT2D eigenvalue weighted by molar-refractivity contribution is 7.80. The SMILES string of the molecule is Cc1cccc(-c2cc3ncnc(NNC(=S)NC4CC4)c3s2)c1. The Kier molecular flexibility index (Phi) is 4.03. The molecule has 0 radical (unpaired) electrons. The van der Waals surface area contributed by atoms with Crippen molar-refractivity contribution in [2.45, 2.75) is 25.8 Å². The zero-order valence-electron chi connectivity index (χ0n) is 13.2. The molecule has 0 aliphatic heterocycles. The lowest BCUT2D eigenvalue weighted by Crippen LogP contribution is -2.40. The van der Waals surface area contributed by atoms with E-state index >= 15 is 0 Å². The predicted molar refractivity (Wildman–Crippen MR) is 103 cm³/mol. The summed E-state index contributed by atoms with van der Waals surface area (Å²) in [5, 5.41) is 3.82. The summed E-state index contributed by atoms with van der Waals surface area (Å²) in [5.74, 6) is 0.740. The Morgan fingerprint density at radius 3 is 2.92 bits per heavy atom. The van der Waals surface area contributed by atoms with Gasteiger partial charge in [-0.05, 0) is 43.6 Å². The first-order valence-corrected chi connectivity index (χ1v) is 9.05. The minimum atomic E-state index is 0.520. The van der Waals surface area contributed by atoms with E-state index in [1.54, 1.807) is 17.7 Å². The lowest BCUT2D eigenvalue weighted by molar-refractivity contribution is 0.878. The van der Waals surface area contributed by atoms with E-state index in [0.717, 1.165) is 16.0 Å². The molecule has 0 atom stereocenters. The van der Waals surface area contributed by atoms with Crippen LogP contribution in [-0.4, -0.2) is 21.1 Å². The molecule has 1 saturated carbocycles. The molecular weight excluding hydrogens is 338 g/mol. The Balaban J connectivity index is 1.58. The van der Waals surface area contributed by atoms with Crippen LogP contribution in [0.25, 0.3) is 20.7 Å². The van der Waals surface area contributed by atoms with Crippen LogP contribution in [0, 0.1) is 6.92 Å². The molecule has 1 aliphatic carbocycles. The summed E-state index contributed by atoms with van der Waals surface area (Å²) in [6, 6.07) is 11.1. The van der Waals surface area contributed by atoms with Crippen LogP contribution >= 0.6 is 23.6 Å². The van der Waals surface area contributed by atoms with Crippen molar-refractivity contribution in [3.63, 3.8) is 0 Å². The maximum atomic E-state index is 5.26. The standard InChI is InChI=1S/C17H17N5S2/c1-10-3-2-4-11(7-10)14-8-13-15(24-14)16(19-9-18-13)21-22-17(23)20-12-5-6-12/h2-4,7-9,12H,5-6H2,1H3,(H,18,19,21)(H2,20,22,23). The van der Waals surface area contributed by atoms with Crippen LogP contribution in [0.2, 0.25) is 0 Å². The van der Waals surface area contributed by atoms with Crippen molar-refractivity contribution in [1.29, 1.82) is 0 Å². The summed E-state index contributed by atoms with van der Waals surface area (Å²) >= 11 is 6.94. The van der Waals surface area contributed by atoms with Crippen molar-refractivity contribution >= 4 is 44.7 Å². The molecule has 1 fully saturated rings. The predicted octanol–water partition coefficient (Wildman–Crippen LogP) is 3.62. The lowest BCUT2D eigenvalue weighted by atomic mass is 10.1. The third-order valence-electron chi connectivity index (χ3n) is 3.82. The monoisotopic (exact) mass is 355 g/mol. The smallest absolute Gasteiger partial charge is 0.185 e. The van der Waals surface area contributed by atoms with Gasteiger partial charge in [0.25, 0.3) is 0 Å². The number of hydrogen-bond acceptors (Lipinski definition) is 5. The summed E-state index contributed by atoms with van der Waals surface area (Å²) in [7, 11) is 0. The number of aromatic nitrogens is 2. The number of rotatable bonds is 4. The third-order valence-corrected chi connectivity index (χ3v) is 5.22. The van der Waals surface area contributed by atoms with Crippen LogP contribution in [0.4, 0.5) is 5.82 Å². The van der Waals surface area contributed by atoms with Crippen molar-refractivity contribution in [2.75, 3.05) is 5.43 Å². The molecular formula is C17H17N5S2. The van der Waals surface area contributed by atoms with Crippen molar-refractivity contribution in [1.82, 2.24) is 20.7 Å². The van der Waals surface area contributed by atoms with Gasteiger partial charge in [-0.25, -0.2) is 9.97 Å². The van der Waals surface area contributed by atoms with Gasteiger partial charge in [0.1, 0.15) is 6.33 Å². The minimum absolute atomic E-state index is 0.520. The molecule has 2 aromatic heterocycles. The van der Waals surface area contributed by atoms with Gasteiger partial charge in [-0.1, -0.05) is 29.8 Å². The molecule has 0 amide bonds. The van der Waals surface area contributed by atoms with Crippen molar-refractivity contribution in [3.05, 3.63) is 42.2 Å². The second-order valence-electron chi connectivity index (χ2n) is 5.91. The Morgan fingerprint density at radius 2 is 2.12 bits per heavy atom. The molecule has 122 valence electrons. The van der Waals surface area contributed by atoms with Crippen LogP contribution in [0.3, 0.4) is 0 Å². The summed E-state index contributed by atoms with van der Waals surface area (Å²) in [4.78, 5) is 9.89. The number of hydrogen-bond donors (Lipinski definition) is 3. The van der Waals surface area contributed by atoms with Crippen LogP contribution in [-0.2, 0) is 0 Å². The Bertz CT molecular complexity index is 901. The quantitative estimate of drug-likeness (QED) is 0.491. The molecule has 3 N–H and O–H groups in total. The van der Waals surface area contributed by atoms with E-state index in [1.807, 2.05) is 0 Å². The summed E-state index contributed by atoms with van der Waals surface area (Å²) < 4.78 is 1.01. The molecule has 24 heavy (non-hydrogen) atoms. The summed E-state index contributed by atoms with van der Waals surface area (Å²) in [6.45, 7) is 2.10. The molecule has 2 heterocycles. The number of aryl methyl sites for hydroxylation is 1. The fourth-order valence-electron chi connectivity index (χ4n) is 2.45. The van der Waals surface area contributed by atoms with Gasteiger partial charge < -0.3 is 5.32 Å². The highest BCUT2D eigenvalue weighted by Crippen LogP contribution is 2.35. The molecule has 5 nitrogen and oxygen atoms in total. The van der Waals surface area contributed by atoms with E-state index in [0.29, 0.717) is 11.2 Å². The number of thiophene rings is 1. The second kappa shape index (κ2) is 6.33. The normalized spacial score (nSPS) is 13.7. The molecule has 0 saturated heterocycles. The number of fused-ring (bicyclic) bond motifs is 1. The maximum absolute atomic E-state index is 5.26. The summed E-state index contributed by atoms with van der Waals surface area (Å²) in [6.07, 6.45) is 3.94. The first-order valence-electron chi connectivity index (χ1n) is 7.83. The van der Waals surface area contributed by atoms with Gasteiger partial charge in [-0.15, -0.1) is 11.3 Å². The fourth-order valence-corrected chi connectivity index (χ4v) is 3.72. The average molecular weight is 355 g/mol. The number of benzene rings is 1. The largest absolute Gasteiger partial charge is 0.359 e. The van der Waals surface area contributed by atoms with Crippen molar-refractivity contribution in [3.8, 4) is 10.4 Å². The first kappa shape index (κ1) is 15.3. The van der Waals surface area contributed by atoms with E-state index in [9.17, 15) is 0 Å². The molecule has 0 spiro atoms. The number of hydrazine groups is 1. The Hall–Kier alpha value is -2.25. The average Bonchev–Trinajstić information content (AvgIpc) is 3.27. The maximum Gasteiger partial charge on any atom is 0.185 e. The molecule has 1 aliphatic rings. The fraction of sp³-hybridized carbons (Fsp3) is 0.235. The summed E-state index contributed by atoms with van der Waals surface area (Å²) in [5.41, 5.74) is 9.48. The van der Waals surface area contributed by atoms with Gasteiger partial charge >= 0.3 is 0 Å². The van der Waals surface area contributed by atoms with Crippen molar-refractivity contribution in [2.24, 2.45) is 0 Å². The van der Waals surface area contributed by atoms with Gasteiger partial charge in [-0.3, -0.25) is 10.9 Å². The zero-order chi connectivity index (χ0) is 16.5. The Morgan fingerprint density at radius 1 is 1.25 bits per heavy atom. The second-order valence-corrected chi connectivity index (χ2v) is 7.37. The highest BCUT2D eigenvalue weighted by Gasteiger charge is 2.21. The van der Waals surface area contributed by atoms with E-state index in [1.165, 1.54) is 28.8 Å². The number of anilines is 1. The van der Waals surface area contributed by atoms with Crippen LogP contribution in [0.15, 0.2) is 36.7 Å². The van der Waals surface area contributed by atoms with Crippen LogP contribution < -0.4 is 16.2 Å². The molecule has 4 rings (SSSR count). The van der Waals surface area contributed by atoms with Gasteiger partial charge in [-0.2, -0.15) is 0 Å². The van der Waals surface area contributed by atoms with Gasteiger partial charge in [0, 0.05) is 10.9 Å². The Labute approximate surface area is 149 Å². The van der Waals surface area contributed by atoms with E-state index < -0.39 is 0 Å². The lowest BCUT2D eigenvalue weighted by Gasteiger charge is -2.11. The number of nitrogens with zero attached hydrogens (tertiary/aromatic N) is 2. The van der Waals surface area contributed by atoms with E-state index in [4.69, 9.17) is 12.2 Å². The third kappa shape index (κ3) is 3.32. The first-order chi connectivity index (χ1) is 11.7. The van der Waals surface area contributed by atoms with E-state index in [2.05, 4.69) is 63.4 Å². The molecule has 7 heteroatoms. The number of nitrogens with one attached hydrogen (secondary N) is 3. The van der Waals surface area contributed by atoms with E-state index in [-0.39, 0.29) is 0 Å². The minimum Gasteiger partial charge on any atom is -0.359 e. The molecule has 1 aromatic carbocycles. The highest BCUT2D eigenvalue weighted by atomic mass is 32.1. The van der Waals surface area contributed by atoms with Gasteiger partial charge in [0.15, 0.2) is 10.9 Å². The molecule has 0 unspecified atom stereocenters. The topological polar surface area (TPSA) is 61.9 Å². The van der Waals surface area contributed by atoms with Crippen molar-refractivity contribution < 1.29 is 0 Å². The molecule has 0 bridgehead atoms. The van der Waals surface area contributed by atoms with Gasteiger partial charge in [0.05, 0.1) is 10.2 Å². The van der Waals surface area contributed by atoms with Gasteiger partial charge in [0.2, 0.25) is 0 Å². The number of thiocarbonyl (C=S) groups is 1. The van der Waals surface area contributed by atoms with Crippen LogP contribution in [0.5, 0.6) is 0 Å². The molecule has 3 aromatic rings.